The molecule has 146 valence electrons. The zero-order valence-electron chi connectivity index (χ0n) is 15.8. The van der Waals surface area contributed by atoms with Crippen LogP contribution in [-0.4, -0.2) is 23.4 Å². The third kappa shape index (κ3) is 4.13. The number of benzene rings is 2. The molecule has 0 bridgehead atoms. The van der Waals surface area contributed by atoms with Crippen LogP contribution in [0.2, 0.25) is 10.0 Å². The van der Waals surface area contributed by atoms with Gasteiger partial charge in [-0.3, -0.25) is 0 Å². The predicted octanol–water partition coefficient (Wildman–Crippen LogP) is 5.72. The van der Waals surface area contributed by atoms with Crippen molar-refractivity contribution < 1.29 is 4.74 Å². The van der Waals surface area contributed by atoms with Crippen molar-refractivity contribution in [3.8, 4) is 11.4 Å². The van der Waals surface area contributed by atoms with Crippen LogP contribution in [0.5, 0.6) is 5.75 Å². The van der Waals surface area contributed by atoms with Gasteiger partial charge in [0.2, 0.25) is 0 Å². The average molecular weight is 416 g/mol. The van der Waals surface area contributed by atoms with E-state index in [-0.39, 0.29) is 0 Å². The van der Waals surface area contributed by atoms with Gasteiger partial charge in [0, 0.05) is 22.2 Å². The molecule has 1 N–H and O–H groups in total. The molecular formula is C22H23Cl2N3O. The summed E-state index contributed by atoms with van der Waals surface area (Å²) in [7, 11) is 1.69. The van der Waals surface area contributed by atoms with E-state index in [0.29, 0.717) is 10.0 Å². The minimum Gasteiger partial charge on any atom is -0.497 e. The normalized spacial score (nSPS) is 13.5. The summed E-state index contributed by atoms with van der Waals surface area (Å²) in [4.78, 5) is 0. The van der Waals surface area contributed by atoms with Crippen molar-refractivity contribution in [2.45, 2.75) is 32.1 Å². The second-order valence-corrected chi connectivity index (χ2v) is 7.92. The second-order valence-electron chi connectivity index (χ2n) is 7.05. The Kier molecular flexibility index (Phi) is 5.79. The highest BCUT2D eigenvalue weighted by Crippen LogP contribution is 2.31. The van der Waals surface area contributed by atoms with Crippen molar-refractivity contribution in [1.29, 1.82) is 0 Å². The van der Waals surface area contributed by atoms with Crippen LogP contribution in [0.4, 0.5) is 5.82 Å². The first-order chi connectivity index (χ1) is 13.6. The highest BCUT2D eigenvalue weighted by molar-refractivity contribution is 6.34. The number of anilines is 1. The maximum absolute atomic E-state index is 6.23. The standard InChI is InChI=1S/C22H23Cl2N3O/c1-28-19-8-5-15(6-9-19)7-10-21-20-4-2-3-11-25-22(20)27(26-21)18-13-16(23)12-17(24)14-18/h5-6,8-9,12-14,25H,2-4,7,10-11H2,1H3. The molecule has 6 heteroatoms. The van der Waals surface area contributed by atoms with Gasteiger partial charge in [0.1, 0.15) is 11.6 Å². The fourth-order valence-electron chi connectivity index (χ4n) is 3.68. The molecule has 0 atom stereocenters. The number of fused-ring (bicyclic) bond motifs is 1. The van der Waals surface area contributed by atoms with Crippen LogP contribution in [0.15, 0.2) is 42.5 Å². The maximum Gasteiger partial charge on any atom is 0.133 e. The van der Waals surface area contributed by atoms with Crippen LogP contribution in [0, 0.1) is 0 Å². The van der Waals surface area contributed by atoms with Crippen LogP contribution < -0.4 is 10.1 Å². The first kappa shape index (κ1) is 19.2. The molecule has 0 aliphatic carbocycles. The number of rotatable bonds is 5. The van der Waals surface area contributed by atoms with Gasteiger partial charge in [-0.15, -0.1) is 0 Å². The van der Waals surface area contributed by atoms with Crippen molar-refractivity contribution >= 4 is 29.0 Å². The van der Waals surface area contributed by atoms with Crippen LogP contribution in [0.3, 0.4) is 0 Å². The van der Waals surface area contributed by atoms with Crippen LogP contribution in [-0.2, 0) is 19.3 Å². The number of methoxy groups -OCH3 is 1. The van der Waals surface area contributed by atoms with E-state index >= 15 is 0 Å². The lowest BCUT2D eigenvalue weighted by molar-refractivity contribution is 0.414. The molecule has 4 nitrogen and oxygen atoms in total. The van der Waals surface area contributed by atoms with Gasteiger partial charge in [-0.1, -0.05) is 35.3 Å². The number of ether oxygens (including phenoxy) is 1. The Hall–Kier alpha value is -2.17. The molecule has 2 heterocycles. The van der Waals surface area contributed by atoms with Gasteiger partial charge in [0.15, 0.2) is 0 Å². The fraction of sp³-hybridized carbons (Fsp3) is 0.318. The minimum atomic E-state index is 0.611. The number of nitrogens with one attached hydrogen (secondary N) is 1. The number of nitrogens with zero attached hydrogens (tertiary/aromatic N) is 2. The molecule has 0 unspecified atom stereocenters. The summed E-state index contributed by atoms with van der Waals surface area (Å²) in [6, 6.07) is 13.8. The minimum absolute atomic E-state index is 0.611. The summed E-state index contributed by atoms with van der Waals surface area (Å²) in [5.41, 5.74) is 4.61. The van der Waals surface area contributed by atoms with Crippen LogP contribution in [0.25, 0.3) is 5.69 Å². The van der Waals surface area contributed by atoms with E-state index in [4.69, 9.17) is 33.0 Å². The fourth-order valence-corrected chi connectivity index (χ4v) is 4.19. The Bertz CT molecular complexity index is 946. The SMILES string of the molecule is COc1ccc(CCc2nn(-c3cc(Cl)cc(Cl)c3)c3c2CCCCN3)cc1. The highest BCUT2D eigenvalue weighted by Gasteiger charge is 2.21. The molecular weight excluding hydrogens is 393 g/mol. The maximum atomic E-state index is 6.23. The highest BCUT2D eigenvalue weighted by atomic mass is 35.5. The van der Waals surface area contributed by atoms with Gasteiger partial charge in [-0.25, -0.2) is 4.68 Å². The Morgan fingerprint density at radius 2 is 1.79 bits per heavy atom. The number of aryl methyl sites for hydroxylation is 2. The van der Waals surface area contributed by atoms with Gasteiger partial charge in [-0.2, -0.15) is 5.10 Å². The summed E-state index contributed by atoms with van der Waals surface area (Å²) < 4.78 is 7.21. The largest absolute Gasteiger partial charge is 0.497 e. The van der Waals surface area contributed by atoms with E-state index in [9.17, 15) is 0 Å². The molecule has 0 saturated carbocycles. The monoisotopic (exact) mass is 415 g/mol. The summed E-state index contributed by atoms with van der Waals surface area (Å²) in [6.07, 6.45) is 5.18. The third-order valence-electron chi connectivity index (χ3n) is 5.11. The zero-order valence-corrected chi connectivity index (χ0v) is 17.4. The number of hydrogen-bond acceptors (Lipinski definition) is 3. The first-order valence-electron chi connectivity index (χ1n) is 9.58. The van der Waals surface area contributed by atoms with Gasteiger partial charge in [-0.05, 0) is 68.0 Å². The molecule has 1 aromatic heterocycles. The molecule has 0 radical (unpaired) electrons. The average Bonchev–Trinajstić information content (AvgIpc) is 2.86. The Balaban J connectivity index is 1.66. The Morgan fingerprint density at radius 3 is 2.50 bits per heavy atom. The Morgan fingerprint density at radius 1 is 1.04 bits per heavy atom. The molecule has 4 rings (SSSR count). The molecule has 1 aliphatic rings. The lowest BCUT2D eigenvalue weighted by atomic mass is 10.0. The van der Waals surface area contributed by atoms with Crippen LogP contribution in [0.1, 0.15) is 29.7 Å². The topological polar surface area (TPSA) is 39.1 Å². The van der Waals surface area contributed by atoms with Gasteiger partial charge >= 0.3 is 0 Å². The first-order valence-corrected chi connectivity index (χ1v) is 10.3. The van der Waals surface area contributed by atoms with Crippen LogP contribution >= 0.6 is 23.2 Å². The van der Waals surface area contributed by atoms with Crippen molar-refractivity contribution in [1.82, 2.24) is 9.78 Å². The van der Waals surface area contributed by atoms with Crippen molar-refractivity contribution in [3.63, 3.8) is 0 Å². The smallest absolute Gasteiger partial charge is 0.133 e. The summed E-state index contributed by atoms with van der Waals surface area (Å²) in [5.74, 6) is 1.95. The molecule has 1 aliphatic heterocycles. The molecule has 28 heavy (non-hydrogen) atoms. The number of aromatic nitrogens is 2. The lowest BCUT2D eigenvalue weighted by Gasteiger charge is -2.10. The van der Waals surface area contributed by atoms with Gasteiger partial charge in [0.05, 0.1) is 18.5 Å². The second kappa shape index (κ2) is 8.46. The van der Waals surface area contributed by atoms with E-state index in [2.05, 4.69) is 17.4 Å². The van der Waals surface area contributed by atoms with Gasteiger partial charge < -0.3 is 10.1 Å². The quantitative estimate of drug-likeness (QED) is 0.578. The molecule has 3 aromatic rings. The zero-order chi connectivity index (χ0) is 19.5. The molecule has 2 aromatic carbocycles. The third-order valence-corrected chi connectivity index (χ3v) is 5.55. The predicted molar refractivity (Wildman–Crippen MR) is 115 cm³/mol. The number of halogens is 2. The number of hydrogen-bond donors (Lipinski definition) is 1. The molecule has 0 amide bonds. The van der Waals surface area contributed by atoms with Crippen molar-refractivity contribution in [2.24, 2.45) is 0 Å². The Labute approximate surface area is 175 Å². The molecule has 0 fully saturated rings. The van der Waals surface area contributed by atoms with E-state index < -0.39 is 0 Å². The van der Waals surface area contributed by atoms with E-state index in [0.717, 1.165) is 61.6 Å². The van der Waals surface area contributed by atoms with Crippen molar-refractivity contribution in [3.05, 3.63) is 69.3 Å². The summed E-state index contributed by atoms with van der Waals surface area (Å²) in [6.45, 7) is 0.949. The van der Waals surface area contributed by atoms with E-state index in [1.165, 1.54) is 11.1 Å². The van der Waals surface area contributed by atoms with E-state index in [1.807, 2.05) is 28.9 Å². The molecule has 0 saturated heterocycles. The van der Waals surface area contributed by atoms with Crippen molar-refractivity contribution in [2.75, 3.05) is 19.0 Å². The molecule has 0 spiro atoms. The summed E-state index contributed by atoms with van der Waals surface area (Å²) in [5, 5.41) is 9.73. The summed E-state index contributed by atoms with van der Waals surface area (Å²) >= 11 is 12.5. The van der Waals surface area contributed by atoms with Gasteiger partial charge in [0.25, 0.3) is 0 Å². The lowest BCUT2D eigenvalue weighted by Crippen LogP contribution is -2.07. The van der Waals surface area contributed by atoms with E-state index in [1.54, 1.807) is 13.2 Å².